The van der Waals surface area contributed by atoms with Crippen molar-refractivity contribution in [2.24, 2.45) is 0 Å². The van der Waals surface area contributed by atoms with E-state index in [1.54, 1.807) is 16.8 Å². The van der Waals surface area contributed by atoms with Crippen LogP contribution in [0.3, 0.4) is 0 Å². The highest BCUT2D eigenvalue weighted by Gasteiger charge is 2.27. The lowest BCUT2D eigenvalue weighted by atomic mass is 10.2. The summed E-state index contributed by atoms with van der Waals surface area (Å²) in [7, 11) is 0. The molecule has 0 spiro atoms. The van der Waals surface area contributed by atoms with E-state index in [0.29, 0.717) is 26.8 Å². The maximum absolute atomic E-state index is 6.42. The molecule has 1 fully saturated rings. The molecule has 2 heterocycles. The summed E-state index contributed by atoms with van der Waals surface area (Å²) in [5, 5.41) is 6.14. The molecule has 4 rings (SSSR count). The maximum Gasteiger partial charge on any atom is 0.181 e. The Morgan fingerprint density at radius 3 is 2.36 bits per heavy atom. The molecule has 0 radical (unpaired) electrons. The smallest absolute Gasteiger partial charge is 0.181 e. The van der Waals surface area contributed by atoms with Gasteiger partial charge in [0.15, 0.2) is 5.65 Å². The zero-order valence-corrected chi connectivity index (χ0v) is 16.5. The van der Waals surface area contributed by atoms with E-state index in [2.05, 4.69) is 11.5 Å². The molecule has 0 atom stereocenters. The fraction of sp³-hybridized carbons (Fsp3) is 0.444. The highest BCUT2D eigenvalue weighted by atomic mass is 35.5. The summed E-state index contributed by atoms with van der Waals surface area (Å²) < 4.78 is 4.15. The van der Waals surface area contributed by atoms with Gasteiger partial charge in [0.1, 0.15) is 17.0 Å². The van der Waals surface area contributed by atoms with Crippen LogP contribution in [-0.2, 0) is 6.42 Å². The molecular formula is C18H19Cl3N4. The molecule has 0 aliphatic heterocycles. The minimum absolute atomic E-state index is 0.468. The zero-order valence-electron chi connectivity index (χ0n) is 14.2. The number of imidazole rings is 1. The first kappa shape index (κ1) is 17.2. The van der Waals surface area contributed by atoms with E-state index in [4.69, 9.17) is 44.9 Å². The van der Waals surface area contributed by atoms with Gasteiger partial charge in [0.2, 0.25) is 0 Å². The van der Waals surface area contributed by atoms with Crippen molar-refractivity contribution in [3.63, 3.8) is 0 Å². The number of aromatic nitrogens is 4. The van der Waals surface area contributed by atoms with Crippen molar-refractivity contribution in [1.29, 1.82) is 0 Å². The van der Waals surface area contributed by atoms with Gasteiger partial charge in [-0.1, -0.05) is 54.6 Å². The molecule has 1 aliphatic rings. The zero-order chi connectivity index (χ0) is 17.7. The molecule has 0 saturated heterocycles. The van der Waals surface area contributed by atoms with Crippen LogP contribution in [-0.4, -0.2) is 19.3 Å². The summed E-state index contributed by atoms with van der Waals surface area (Å²) in [6.45, 7) is 4.16. The Kier molecular flexibility index (Phi) is 4.47. The summed E-state index contributed by atoms with van der Waals surface area (Å²) in [4.78, 5) is 4.89. The molecule has 0 N–H and O–H groups in total. The predicted molar refractivity (Wildman–Crippen MR) is 104 cm³/mol. The number of aryl methyl sites for hydroxylation is 2. The van der Waals surface area contributed by atoms with Crippen LogP contribution in [0.5, 0.6) is 0 Å². The number of rotatable bonds is 3. The molecule has 1 aromatic carbocycles. The minimum Gasteiger partial charge on any atom is -0.322 e. The fourth-order valence-corrected chi connectivity index (χ4v) is 4.87. The standard InChI is InChI=1S/C18H19Cl3N4/c1-3-15-22-18-16(24(15)12-6-4-5-7-12)10(2)23-25(18)17-13(20)8-11(19)9-14(17)21/h8-9,12H,3-7H2,1-2H3. The third kappa shape index (κ3) is 2.75. The molecule has 1 aliphatic carbocycles. The van der Waals surface area contributed by atoms with Gasteiger partial charge in [0, 0.05) is 17.5 Å². The predicted octanol–water partition coefficient (Wildman–Crippen LogP) is 6.17. The van der Waals surface area contributed by atoms with Crippen molar-refractivity contribution < 1.29 is 0 Å². The van der Waals surface area contributed by atoms with Crippen molar-refractivity contribution >= 4 is 46.0 Å². The Hall–Kier alpha value is -1.23. The minimum atomic E-state index is 0.468. The molecule has 2 aromatic heterocycles. The number of hydrogen-bond acceptors (Lipinski definition) is 2. The molecule has 0 amide bonds. The van der Waals surface area contributed by atoms with Gasteiger partial charge in [0.25, 0.3) is 0 Å². The topological polar surface area (TPSA) is 35.6 Å². The molecule has 1 saturated carbocycles. The lowest BCUT2D eigenvalue weighted by Gasteiger charge is -2.15. The van der Waals surface area contributed by atoms with Gasteiger partial charge in [0.05, 0.1) is 15.7 Å². The fourth-order valence-electron chi connectivity index (χ4n) is 3.89. The van der Waals surface area contributed by atoms with Crippen LogP contribution >= 0.6 is 34.8 Å². The summed E-state index contributed by atoms with van der Waals surface area (Å²) >= 11 is 18.9. The van der Waals surface area contributed by atoms with E-state index >= 15 is 0 Å². The van der Waals surface area contributed by atoms with Crippen LogP contribution in [0.25, 0.3) is 16.9 Å². The normalized spacial score (nSPS) is 15.6. The summed E-state index contributed by atoms with van der Waals surface area (Å²) in [6, 6.07) is 3.87. The average molecular weight is 398 g/mol. The Morgan fingerprint density at radius 1 is 1.12 bits per heavy atom. The monoisotopic (exact) mass is 396 g/mol. The van der Waals surface area contributed by atoms with E-state index in [0.717, 1.165) is 29.1 Å². The quantitative estimate of drug-likeness (QED) is 0.530. The van der Waals surface area contributed by atoms with Crippen LogP contribution in [0, 0.1) is 6.92 Å². The van der Waals surface area contributed by atoms with Crippen LogP contribution in [0.15, 0.2) is 12.1 Å². The van der Waals surface area contributed by atoms with Crippen molar-refractivity contribution in [3.8, 4) is 5.69 Å². The Labute approximate surface area is 161 Å². The van der Waals surface area contributed by atoms with Crippen LogP contribution < -0.4 is 0 Å². The van der Waals surface area contributed by atoms with Crippen LogP contribution in [0.2, 0.25) is 15.1 Å². The largest absolute Gasteiger partial charge is 0.322 e. The van der Waals surface area contributed by atoms with Crippen molar-refractivity contribution in [3.05, 3.63) is 38.7 Å². The van der Waals surface area contributed by atoms with E-state index in [9.17, 15) is 0 Å². The number of nitrogens with zero attached hydrogens (tertiary/aromatic N) is 4. The lowest BCUT2D eigenvalue weighted by molar-refractivity contribution is 0.511. The van der Waals surface area contributed by atoms with Gasteiger partial charge in [-0.25, -0.2) is 9.67 Å². The second kappa shape index (κ2) is 6.49. The number of hydrogen-bond donors (Lipinski definition) is 0. The highest BCUT2D eigenvalue weighted by molar-refractivity contribution is 6.40. The molecule has 3 aromatic rings. The first-order valence-corrected chi connectivity index (χ1v) is 9.76. The molecule has 25 heavy (non-hydrogen) atoms. The summed E-state index contributed by atoms with van der Waals surface area (Å²) in [5.74, 6) is 1.09. The van der Waals surface area contributed by atoms with E-state index in [-0.39, 0.29) is 0 Å². The Balaban J connectivity index is 1.99. The van der Waals surface area contributed by atoms with Crippen LogP contribution in [0.1, 0.15) is 50.2 Å². The first-order valence-electron chi connectivity index (χ1n) is 8.62. The van der Waals surface area contributed by atoms with Gasteiger partial charge in [-0.15, -0.1) is 0 Å². The third-order valence-corrected chi connectivity index (χ3v) is 5.75. The Morgan fingerprint density at radius 2 is 1.76 bits per heavy atom. The van der Waals surface area contributed by atoms with E-state index in [1.165, 1.54) is 25.7 Å². The van der Waals surface area contributed by atoms with Gasteiger partial charge in [-0.05, 0) is 31.9 Å². The van der Waals surface area contributed by atoms with Crippen molar-refractivity contribution in [1.82, 2.24) is 19.3 Å². The first-order chi connectivity index (χ1) is 12.0. The lowest BCUT2D eigenvalue weighted by Crippen LogP contribution is -2.09. The van der Waals surface area contributed by atoms with E-state index < -0.39 is 0 Å². The second-order valence-electron chi connectivity index (χ2n) is 6.58. The second-order valence-corrected chi connectivity index (χ2v) is 7.83. The number of halogens is 3. The molecule has 7 heteroatoms. The molecule has 4 nitrogen and oxygen atoms in total. The maximum atomic E-state index is 6.42. The van der Waals surface area contributed by atoms with Gasteiger partial charge in [-0.2, -0.15) is 5.10 Å². The third-order valence-electron chi connectivity index (χ3n) is 4.96. The SMILES string of the molecule is CCc1nc2c(c(C)nn2-c2c(Cl)cc(Cl)cc2Cl)n1C1CCCC1. The summed E-state index contributed by atoms with van der Waals surface area (Å²) in [5.41, 5.74) is 3.47. The number of benzene rings is 1. The van der Waals surface area contributed by atoms with Crippen molar-refractivity contribution in [2.75, 3.05) is 0 Å². The molecule has 132 valence electrons. The van der Waals surface area contributed by atoms with E-state index in [1.807, 2.05) is 6.92 Å². The van der Waals surface area contributed by atoms with Gasteiger partial charge in [-0.3, -0.25) is 0 Å². The van der Waals surface area contributed by atoms with Crippen LogP contribution in [0.4, 0.5) is 0 Å². The van der Waals surface area contributed by atoms with Crippen molar-refractivity contribution in [2.45, 2.75) is 52.0 Å². The number of fused-ring (bicyclic) bond motifs is 1. The molecular weight excluding hydrogens is 379 g/mol. The Bertz CT molecular complexity index is 928. The summed E-state index contributed by atoms with van der Waals surface area (Å²) in [6.07, 6.45) is 5.83. The molecule has 0 unspecified atom stereocenters. The van der Waals surface area contributed by atoms with Gasteiger partial charge >= 0.3 is 0 Å². The highest BCUT2D eigenvalue weighted by Crippen LogP contribution is 2.38. The average Bonchev–Trinajstić information content (AvgIpc) is 3.24. The molecule has 0 bridgehead atoms. The van der Waals surface area contributed by atoms with Gasteiger partial charge < -0.3 is 4.57 Å².